The Labute approximate surface area is 76.4 Å². The zero-order chi connectivity index (χ0) is 10.8. The number of carboxylic acids is 1. The van der Waals surface area contributed by atoms with E-state index in [9.17, 15) is 18.0 Å². The van der Waals surface area contributed by atoms with Crippen molar-refractivity contribution in [3.63, 3.8) is 0 Å². The van der Waals surface area contributed by atoms with E-state index in [0.29, 0.717) is 6.07 Å². The van der Waals surface area contributed by atoms with Gasteiger partial charge in [0.2, 0.25) is 0 Å². The second-order valence-corrected chi connectivity index (χ2v) is 2.52. The van der Waals surface area contributed by atoms with Crippen molar-refractivity contribution in [2.75, 3.05) is 0 Å². The molecule has 0 unspecified atom stereocenters. The molecular formula is C7H5F3N2O2. The number of halogens is 3. The predicted octanol–water partition coefficient (Wildman–Crippen LogP) is 1.12. The minimum Gasteiger partial charge on any atom is -0.481 e. The number of rotatable bonds is 2. The number of hydrogen-bond donors (Lipinski definition) is 1. The van der Waals surface area contributed by atoms with Crippen LogP contribution in [0.4, 0.5) is 13.2 Å². The molecule has 4 nitrogen and oxygen atoms in total. The lowest BCUT2D eigenvalue weighted by atomic mass is 10.2. The maximum absolute atomic E-state index is 12.1. The molecule has 14 heavy (non-hydrogen) atoms. The Bertz CT molecular complexity index is 351. The minimum absolute atomic E-state index is 0.0279. The van der Waals surface area contributed by atoms with Gasteiger partial charge in [0, 0.05) is 0 Å². The third-order valence-corrected chi connectivity index (χ3v) is 1.36. The zero-order valence-corrected chi connectivity index (χ0v) is 6.75. The Morgan fingerprint density at radius 3 is 2.64 bits per heavy atom. The molecule has 76 valence electrons. The zero-order valence-electron chi connectivity index (χ0n) is 6.75. The Morgan fingerprint density at radius 1 is 1.50 bits per heavy atom. The van der Waals surface area contributed by atoms with Crippen molar-refractivity contribution in [3.8, 4) is 0 Å². The van der Waals surface area contributed by atoms with Crippen molar-refractivity contribution in [2.24, 2.45) is 0 Å². The first-order valence-corrected chi connectivity index (χ1v) is 3.50. The van der Waals surface area contributed by atoms with Crippen LogP contribution in [0.5, 0.6) is 0 Å². The fourth-order valence-corrected chi connectivity index (χ4v) is 0.817. The van der Waals surface area contributed by atoms with Gasteiger partial charge in [-0.05, 0) is 11.6 Å². The van der Waals surface area contributed by atoms with Crippen LogP contribution in [0.1, 0.15) is 11.3 Å². The average Bonchev–Trinajstić information content (AvgIpc) is 2.01. The molecule has 1 heterocycles. The quantitative estimate of drug-likeness (QED) is 0.787. The highest BCUT2D eigenvalue weighted by Crippen LogP contribution is 2.27. The molecule has 0 atom stereocenters. The maximum Gasteiger partial charge on any atom is 0.435 e. The van der Waals surface area contributed by atoms with Crippen LogP contribution >= 0.6 is 0 Å². The minimum atomic E-state index is -4.60. The van der Waals surface area contributed by atoms with Gasteiger partial charge in [-0.3, -0.25) is 4.79 Å². The van der Waals surface area contributed by atoms with E-state index in [-0.39, 0.29) is 5.56 Å². The van der Waals surface area contributed by atoms with Crippen molar-refractivity contribution in [1.82, 2.24) is 10.2 Å². The molecule has 0 saturated heterocycles. The SMILES string of the molecule is O=C(O)Cc1cnnc(C(F)(F)F)c1. The summed E-state index contributed by atoms with van der Waals surface area (Å²) in [5.74, 6) is -1.22. The molecule has 0 radical (unpaired) electrons. The second-order valence-electron chi connectivity index (χ2n) is 2.52. The van der Waals surface area contributed by atoms with Gasteiger partial charge < -0.3 is 5.11 Å². The van der Waals surface area contributed by atoms with Gasteiger partial charge in [-0.1, -0.05) is 0 Å². The number of aromatic nitrogens is 2. The molecule has 0 aliphatic heterocycles. The standard InChI is InChI=1S/C7H5F3N2O2/c8-7(9,10)5-1-4(2-6(13)14)3-11-12-5/h1,3H,2H2,(H,13,14). The molecular weight excluding hydrogens is 201 g/mol. The highest BCUT2D eigenvalue weighted by Gasteiger charge is 2.33. The summed E-state index contributed by atoms with van der Waals surface area (Å²) in [5, 5.41) is 14.3. The Morgan fingerprint density at radius 2 is 2.14 bits per heavy atom. The number of carboxylic acid groups (broad SMARTS) is 1. The molecule has 1 aromatic heterocycles. The molecule has 7 heteroatoms. The molecule has 0 fully saturated rings. The lowest BCUT2D eigenvalue weighted by Crippen LogP contribution is -2.11. The number of hydrogen-bond acceptors (Lipinski definition) is 3. The predicted molar refractivity (Wildman–Crippen MR) is 38.4 cm³/mol. The van der Waals surface area contributed by atoms with Crippen molar-refractivity contribution in [3.05, 3.63) is 23.5 Å². The summed E-state index contributed by atoms with van der Waals surface area (Å²) in [4.78, 5) is 10.2. The van der Waals surface area contributed by atoms with Gasteiger partial charge in [0.1, 0.15) is 0 Å². The number of alkyl halides is 3. The van der Waals surface area contributed by atoms with Crippen molar-refractivity contribution < 1.29 is 23.1 Å². The smallest absolute Gasteiger partial charge is 0.435 e. The summed E-state index contributed by atoms with van der Waals surface area (Å²) in [5.41, 5.74) is -1.21. The molecule has 0 aliphatic carbocycles. The largest absolute Gasteiger partial charge is 0.481 e. The lowest BCUT2D eigenvalue weighted by molar-refractivity contribution is -0.142. The fourth-order valence-electron chi connectivity index (χ4n) is 0.817. The molecule has 1 N–H and O–H groups in total. The second kappa shape index (κ2) is 3.60. The Kier molecular flexibility index (Phi) is 2.68. The highest BCUT2D eigenvalue weighted by molar-refractivity contribution is 5.69. The summed E-state index contributed by atoms with van der Waals surface area (Å²) in [6.45, 7) is 0. The van der Waals surface area contributed by atoms with E-state index in [1.807, 2.05) is 0 Å². The summed E-state index contributed by atoms with van der Waals surface area (Å²) in [6, 6.07) is 0.668. The Hall–Kier alpha value is -1.66. The van der Waals surface area contributed by atoms with Crippen LogP contribution in [-0.2, 0) is 17.4 Å². The van der Waals surface area contributed by atoms with Crippen LogP contribution in [0.2, 0.25) is 0 Å². The molecule has 1 rings (SSSR count). The average molecular weight is 206 g/mol. The molecule has 0 spiro atoms. The molecule has 0 aliphatic rings. The van der Waals surface area contributed by atoms with Crippen LogP contribution in [0.25, 0.3) is 0 Å². The van der Waals surface area contributed by atoms with Gasteiger partial charge in [0.15, 0.2) is 5.69 Å². The third-order valence-electron chi connectivity index (χ3n) is 1.36. The summed E-state index contributed by atoms with van der Waals surface area (Å²) >= 11 is 0. The first-order valence-electron chi connectivity index (χ1n) is 3.50. The van der Waals surface area contributed by atoms with Gasteiger partial charge in [-0.15, -0.1) is 5.10 Å². The van der Waals surface area contributed by atoms with E-state index in [2.05, 4.69) is 10.2 Å². The number of nitrogens with zero attached hydrogens (tertiary/aromatic N) is 2. The van der Waals surface area contributed by atoms with E-state index in [1.54, 1.807) is 0 Å². The van der Waals surface area contributed by atoms with Crippen molar-refractivity contribution in [1.29, 1.82) is 0 Å². The normalized spacial score (nSPS) is 11.4. The first-order chi connectivity index (χ1) is 6.39. The number of carbonyl (C=O) groups is 1. The maximum atomic E-state index is 12.1. The highest BCUT2D eigenvalue weighted by atomic mass is 19.4. The first kappa shape index (κ1) is 10.4. The molecule has 0 bridgehead atoms. The summed E-state index contributed by atoms with van der Waals surface area (Å²) in [7, 11) is 0. The summed E-state index contributed by atoms with van der Waals surface area (Å²) < 4.78 is 36.2. The van der Waals surface area contributed by atoms with Gasteiger partial charge >= 0.3 is 12.1 Å². The molecule has 1 aromatic rings. The van der Waals surface area contributed by atoms with Crippen LogP contribution in [0, 0.1) is 0 Å². The van der Waals surface area contributed by atoms with Crippen LogP contribution in [-0.4, -0.2) is 21.3 Å². The van der Waals surface area contributed by atoms with E-state index >= 15 is 0 Å². The summed E-state index contributed by atoms with van der Waals surface area (Å²) in [6.07, 6.45) is -4.11. The van der Waals surface area contributed by atoms with E-state index < -0.39 is 24.3 Å². The van der Waals surface area contributed by atoms with E-state index in [0.717, 1.165) is 6.20 Å². The molecule has 0 saturated carbocycles. The van der Waals surface area contributed by atoms with Crippen LogP contribution < -0.4 is 0 Å². The lowest BCUT2D eigenvalue weighted by Gasteiger charge is -2.04. The Balaban J connectivity index is 2.95. The molecule has 0 aromatic carbocycles. The van der Waals surface area contributed by atoms with Gasteiger partial charge in [-0.25, -0.2) is 0 Å². The van der Waals surface area contributed by atoms with Crippen LogP contribution in [0.3, 0.4) is 0 Å². The van der Waals surface area contributed by atoms with Gasteiger partial charge in [0.05, 0.1) is 12.6 Å². The monoisotopic (exact) mass is 206 g/mol. The van der Waals surface area contributed by atoms with Gasteiger partial charge in [-0.2, -0.15) is 18.3 Å². The van der Waals surface area contributed by atoms with Crippen molar-refractivity contribution >= 4 is 5.97 Å². The van der Waals surface area contributed by atoms with E-state index in [1.165, 1.54) is 0 Å². The topological polar surface area (TPSA) is 63.1 Å². The van der Waals surface area contributed by atoms with E-state index in [4.69, 9.17) is 5.11 Å². The van der Waals surface area contributed by atoms with Crippen molar-refractivity contribution in [2.45, 2.75) is 12.6 Å². The third kappa shape index (κ3) is 2.68. The molecule has 0 amide bonds. The van der Waals surface area contributed by atoms with Crippen LogP contribution in [0.15, 0.2) is 12.3 Å². The van der Waals surface area contributed by atoms with Gasteiger partial charge in [0.25, 0.3) is 0 Å². The fraction of sp³-hybridized carbons (Fsp3) is 0.286. The number of aliphatic carboxylic acids is 1.